The SMILES string of the molecule is C[Si](C)(C)c1ccc(N)c2c1C(=O)c1c(c(N)c([Si](C)(C)C)c([Si](C)(C)C)c1[Si](C)(C)C)C2=O. The lowest BCUT2D eigenvalue weighted by molar-refractivity contribution is 0.0982. The van der Waals surface area contributed by atoms with Gasteiger partial charge in [0.1, 0.15) is 0 Å². The molecule has 0 heterocycles. The summed E-state index contributed by atoms with van der Waals surface area (Å²) in [6.07, 6.45) is 0. The molecule has 0 amide bonds. The van der Waals surface area contributed by atoms with Crippen molar-refractivity contribution in [3.05, 3.63) is 34.4 Å². The third-order valence-corrected chi connectivity index (χ3v) is 15.3. The van der Waals surface area contributed by atoms with Crippen molar-refractivity contribution >= 4 is 76.0 Å². The van der Waals surface area contributed by atoms with Gasteiger partial charge in [0.15, 0.2) is 11.6 Å². The molecule has 8 heteroatoms. The Bertz CT molecular complexity index is 1240. The predicted octanol–water partition coefficient (Wildman–Crippen LogP) is 3.81. The summed E-state index contributed by atoms with van der Waals surface area (Å²) in [5, 5.41) is 4.70. The first-order chi connectivity index (χ1) is 15.1. The first-order valence-electron chi connectivity index (χ1n) is 12.1. The predicted molar refractivity (Wildman–Crippen MR) is 160 cm³/mol. The van der Waals surface area contributed by atoms with Gasteiger partial charge in [-0.2, -0.15) is 0 Å². The second kappa shape index (κ2) is 7.88. The normalized spacial score (nSPS) is 14.8. The van der Waals surface area contributed by atoms with E-state index in [-0.39, 0.29) is 11.6 Å². The Kier molecular flexibility index (Phi) is 6.22. The molecule has 0 saturated carbocycles. The first kappa shape index (κ1) is 26.8. The smallest absolute Gasteiger partial charge is 0.198 e. The molecule has 0 fully saturated rings. The molecule has 0 saturated heterocycles. The maximum absolute atomic E-state index is 14.5. The van der Waals surface area contributed by atoms with Crippen LogP contribution in [0.3, 0.4) is 0 Å². The van der Waals surface area contributed by atoms with Crippen LogP contribution in [0.5, 0.6) is 0 Å². The lowest BCUT2D eigenvalue weighted by atomic mass is 9.82. The molecule has 0 radical (unpaired) electrons. The molecule has 0 bridgehead atoms. The van der Waals surface area contributed by atoms with E-state index in [9.17, 15) is 9.59 Å². The molecule has 0 atom stereocenters. The fourth-order valence-electron chi connectivity index (χ4n) is 5.49. The highest BCUT2D eigenvalue weighted by Crippen LogP contribution is 2.34. The molecule has 4 nitrogen and oxygen atoms in total. The molecule has 0 aliphatic heterocycles. The second-order valence-corrected chi connectivity index (χ2v) is 33.9. The van der Waals surface area contributed by atoms with Crippen LogP contribution in [0.2, 0.25) is 78.6 Å². The molecule has 0 aromatic heterocycles. The van der Waals surface area contributed by atoms with Crippen molar-refractivity contribution in [3.63, 3.8) is 0 Å². The van der Waals surface area contributed by atoms with Gasteiger partial charge in [-0.15, -0.1) is 0 Å². The number of rotatable bonds is 4. The largest absolute Gasteiger partial charge is 0.398 e. The van der Waals surface area contributed by atoms with Crippen LogP contribution in [0.1, 0.15) is 31.8 Å². The molecule has 2 aromatic carbocycles. The third-order valence-electron chi connectivity index (χ3n) is 6.74. The lowest BCUT2D eigenvalue weighted by Gasteiger charge is -2.40. The molecule has 1 aliphatic rings. The molecule has 0 unspecified atom stereocenters. The highest BCUT2D eigenvalue weighted by atomic mass is 28.3. The molecule has 0 spiro atoms. The highest BCUT2D eigenvalue weighted by Gasteiger charge is 2.46. The number of ketones is 2. The van der Waals surface area contributed by atoms with Crippen molar-refractivity contribution in [3.8, 4) is 0 Å². The van der Waals surface area contributed by atoms with E-state index in [0.29, 0.717) is 33.6 Å². The van der Waals surface area contributed by atoms with Gasteiger partial charge < -0.3 is 11.5 Å². The molecular formula is C26H42N2O2Si4. The van der Waals surface area contributed by atoms with Crippen LogP contribution in [0.4, 0.5) is 11.4 Å². The molecule has 3 rings (SSSR count). The van der Waals surface area contributed by atoms with E-state index in [0.717, 1.165) is 5.19 Å². The van der Waals surface area contributed by atoms with Crippen LogP contribution < -0.4 is 32.2 Å². The van der Waals surface area contributed by atoms with E-state index in [1.54, 1.807) is 6.07 Å². The lowest BCUT2D eigenvalue weighted by Crippen LogP contribution is -2.69. The zero-order valence-electron chi connectivity index (χ0n) is 23.1. The fraction of sp³-hybridized carbons (Fsp3) is 0.462. The van der Waals surface area contributed by atoms with Crippen molar-refractivity contribution in [2.75, 3.05) is 11.5 Å². The topological polar surface area (TPSA) is 86.2 Å². The second-order valence-electron chi connectivity index (χ2n) is 13.9. The minimum atomic E-state index is -2.06. The van der Waals surface area contributed by atoms with Crippen LogP contribution in [0.25, 0.3) is 0 Å². The molecule has 4 N–H and O–H groups in total. The minimum absolute atomic E-state index is 0.0416. The van der Waals surface area contributed by atoms with Crippen molar-refractivity contribution in [1.82, 2.24) is 0 Å². The average molecular weight is 527 g/mol. The monoisotopic (exact) mass is 526 g/mol. The summed E-state index contributed by atoms with van der Waals surface area (Å²) in [6.45, 7) is 27.4. The number of nitrogen functional groups attached to an aromatic ring is 2. The Balaban J connectivity index is 2.69. The Labute approximate surface area is 209 Å². The highest BCUT2D eigenvalue weighted by molar-refractivity contribution is 7.05. The van der Waals surface area contributed by atoms with Crippen LogP contribution >= 0.6 is 0 Å². The summed E-state index contributed by atoms with van der Waals surface area (Å²) < 4.78 is 0. The summed E-state index contributed by atoms with van der Waals surface area (Å²) >= 11 is 0. The number of carbonyl (C=O) groups is 2. The summed E-state index contributed by atoms with van der Waals surface area (Å²) in [7, 11) is -7.87. The maximum atomic E-state index is 14.5. The quantitative estimate of drug-likeness (QED) is 0.400. The summed E-state index contributed by atoms with van der Waals surface area (Å²) in [4.78, 5) is 28.8. The van der Waals surface area contributed by atoms with Gasteiger partial charge in [0.05, 0.1) is 43.4 Å². The summed E-state index contributed by atoms with van der Waals surface area (Å²) in [5.41, 5.74) is 16.2. The van der Waals surface area contributed by atoms with E-state index in [4.69, 9.17) is 11.5 Å². The minimum Gasteiger partial charge on any atom is -0.398 e. The molecular weight excluding hydrogens is 485 g/mol. The number of nitrogens with two attached hydrogens (primary N) is 2. The molecule has 1 aliphatic carbocycles. The van der Waals surface area contributed by atoms with Crippen molar-refractivity contribution in [1.29, 1.82) is 0 Å². The van der Waals surface area contributed by atoms with Crippen LogP contribution in [0.15, 0.2) is 12.1 Å². The van der Waals surface area contributed by atoms with Crippen LogP contribution in [0, 0.1) is 0 Å². The third kappa shape index (κ3) is 4.12. The Morgan fingerprint density at radius 2 is 0.941 bits per heavy atom. The van der Waals surface area contributed by atoms with Gasteiger partial charge in [0.2, 0.25) is 0 Å². The van der Waals surface area contributed by atoms with E-state index in [1.165, 1.54) is 15.6 Å². The number of benzene rings is 2. The Hall–Kier alpha value is -1.75. The standard InChI is InChI=1S/C26H42N2O2Si4/c1-31(2,3)16-14-13-15(27)17-18(16)23(30)20-19(22(17)29)21(28)25(33(7,8)9)26(34(10,11)12)24(20)32(4,5)6/h13-14H,27-28H2,1-12H3. The van der Waals surface area contributed by atoms with E-state index >= 15 is 0 Å². The van der Waals surface area contributed by atoms with Gasteiger partial charge in [-0.25, -0.2) is 0 Å². The van der Waals surface area contributed by atoms with Crippen molar-refractivity contribution in [2.45, 2.75) is 78.6 Å². The van der Waals surface area contributed by atoms with Gasteiger partial charge in [0.25, 0.3) is 0 Å². The van der Waals surface area contributed by atoms with Crippen molar-refractivity contribution in [2.24, 2.45) is 0 Å². The number of anilines is 2. The zero-order valence-corrected chi connectivity index (χ0v) is 27.1. The molecule has 34 heavy (non-hydrogen) atoms. The molecule has 184 valence electrons. The van der Waals surface area contributed by atoms with Crippen LogP contribution in [-0.4, -0.2) is 43.9 Å². The maximum Gasteiger partial charge on any atom is 0.198 e. The first-order valence-corrected chi connectivity index (χ1v) is 26.1. The summed E-state index contributed by atoms with van der Waals surface area (Å²) in [5.74, 6) is -0.207. The number of fused-ring (bicyclic) bond motifs is 2. The fourth-order valence-corrected chi connectivity index (χ4v) is 17.1. The van der Waals surface area contributed by atoms with Gasteiger partial charge in [0, 0.05) is 22.5 Å². The zero-order chi connectivity index (χ0) is 26.3. The van der Waals surface area contributed by atoms with E-state index in [1.807, 2.05) is 6.07 Å². The average Bonchev–Trinajstić information content (AvgIpc) is 2.60. The number of hydrogen-bond donors (Lipinski definition) is 2. The van der Waals surface area contributed by atoms with E-state index in [2.05, 4.69) is 78.6 Å². The summed E-state index contributed by atoms with van der Waals surface area (Å²) in [6, 6.07) is 3.78. The van der Waals surface area contributed by atoms with Gasteiger partial charge in [-0.3, -0.25) is 9.59 Å². The Morgan fingerprint density at radius 1 is 0.500 bits per heavy atom. The van der Waals surface area contributed by atoms with Gasteiger partial charge >= 0.3 is 0 Å². The van der Waals surface area contributed by atoms with E-state index < -0.39 is 32.3 Å². The number of hydrogen-bond acceptors (Lipinski definition) is 4. The molecule has 2 aromatic rings. The Morgan fingerprint density at radius 3 is 1.35 bits per heavy atom. The van der Waals surface area contributed by atoms with Crippen molar-refractivity contribution < 1.29 is 9.59 Å². The van der Waals surface area contributed by atoms with Gasteiger partial charge in [-0.05, 0) is 21.6 Å². The number of carbonyl (C=O) groups excluding carboxylic acids is 2. The van der Waals surface area contributed by atoms with Gasteiger partial charge in [-0.1, -0.05) is 89.8 Å². The van der Waals surface area contributed by atoms with Crippen LogP contribution in [-0.2, 0) is 0 Å².